The van der Waals surface area contributed by atoms with E-state index in [1.165, 1.54) is 23.9 Å². The Kier molecular flexibility index (Phi) is 7.89. The van der Waals surface area contributed by atoms with Gasteiger partial charge >= 0.3 is 15.9 Å². The van der Waals surface area contributed by atoms with Gasteiger partial charge in [0.05, 0.1) is 37.1 Å². The fourth-order valence-corrected chi connectivity index (χ4v) is 6.70. The predicted octanol–water partition coefficient (Wildman–Crippen LogP) is 1.32. The van der Waals surface area contributed by atoms with Crippen molar-refractivity contribution in [1.82, 2.24) is 34.1 Å². The lowest BCUT2D eigenvalue weighted by Crippen LogP contribution is -2.23. The number of nitrogens with two attached hydrogens (primary N) is 2. The highest BCUT2D eigenvalue weighted by atomic mass is 31.2. The summed E-state index contributed by atoms with van der Waals surface area (Å²) in [6, 6.07) is 1.83. The lowest BCUT2D eigenvalue weighted by Gasteiger charge is -2.24. The minimum atomic E-state index is -3.70. The summed E-state index contributed by atoms with van der Waals surface area (Å²) in [6.45, 7) is 1.11. The van der Waals surface area contributed by atoms with Crippen LogP contribution in [0.4, 0.5) is 11.8 Å². The Balaban J connectivity index is 1.14. The van der Waals surface area contributed by atoms with Gasteiger partial charge < -0.3 is 44.0 Å². The average molecular weight is 625 g/mol. The van der Waals surface area contributed by atoms with Crippen LogP contribution in [-0.4, -0.2) is 77.1 Å². The summed E-state index contributed by atoms with van der Waals surface area (Å²) in [5.41, 5.74) is 11.9. The Hall–Kier alpha value is -3.21. The molecule has 0 aromatic carbocycles. The summed E-state index contributed by atoms with van der Waals surface area (Å²) in [6.07, 6.45) is 2.76. The highest BCUT2D eigenvalue weighted by Gasteiger charge is 2.42. The maximum absolute atomic E-state index is 13.5. The molecule has 0 aliphatic carbocycles. The van der Waals surface area contributed by atoms with Gasteiger partial charge in [-0.3, -0.25) is 23.5 Å². The van der Waals surface area contributed by atoms with E-state index in [0.717, 1.165) is 5.39 Å². The molecule has 4 unspecified atom stereocenters. The molecular weight excluding hydrogens is 596 g/mol. The van der Waals surface area contributed by atoms with Crippen molar-refractivity contribution >= 4 is 49.8 Å². The van der Waals surface area contributed by atoms with Crippen molar-refractivity contribution in [2.24, 2.45) is 0 Å². The number of H-pyrrole nitrogens is 1. The zero-order chi connectivity index (χ0) is 29.6. The van der Waals surface area contributed by atoms with E-state index in [4.69, 9.17) is 39.4 Å². The number of imidazole rings is 1. The molecule has 6 heterocycles. The molecule has 6 rings (SSSR count). The van der Waals surface area contributed by atoms with Crippen LogP contribution in [0, 0.1) is 0 Å². The third-order valence-corrected chi connectivity index (χ3v) is 8.71. The molecule has 6 N–H and O–H groups in total. The number of nitrogens with zero attached hydrogens (tertiary/aromatic N) is 6. The topological polar surface area (TPSA) is 247 Å². The minimum Gasteiger partial charge on any atom is -0.383 e. The number of nitrogen functional groups attached to an aromatic ring is 2. The highest BCUT2D eigenvalue weighted by molar-refractivity contribution is 7.53. The number of anilines is 2. The normalized spacial score (nSPS) is 26.7. The van der Waals surface area contributed by atoms with Gasteiger partial charge in [0.2, 0.25) is 5.95 Å². The van der Waals surface area contributed by atoms with E-state index >= 15 is 0 Å². The van der Waals surface area contributed by atoms with Crippen molar-refractivity contribution < 1.29 is 37.1 Å². The molecule has 2 aliphatic rings. The summed E-state index contributed by atoms with van der Waals surface area (Å²) in [5, 5.41) is 0.726. The van der Waals surface area contributed by atoms with E-state index in [0.29, 0.717) is 24.3 Å². The number of aromatic nitrogens is 7. The van der Waals surface area contributed by atoms with Crippen LogP contribution in [0.1, 0.15) is 31.7 Å². The fraction of sp³-hybridized carbons (Fsp3) is 0.500. The monoisotopic (exact) mass is 625 g/mol. The molecule has 0 spiro atoms. The quantitative estimate of drug-likeness (QED) is 0.181. The molecule has 2 saturated heterocycles. The van der Waals surface area contributed by atoms with Crippen LogP contribution in [-0.2, 0) is 32.2 Å². The smallest absolute Gasteiger partial charge is 0.328 e. The van der Waals surface area contributed by atoms with Gasteiger partial charge in [-0.25, -0.2) is 15.0 Å². The molecule has 42 heavy (non-hydrogen) atoms. The summed E-state index contributed by atoms with van der Waals surface area (Å²) < 4.78 is 56.6. The molecule has 0 amide bonds. The largest absolute Gasteiger partial charge is 0.383 e. The standard InChI is InChI=1S/C22H29N9O9P2/c1-42(35,37-8-11-2-3-15(38-11)30-5-4-13-17(23)25-9-26-18(13)30)40-14-6-12(7-36-41(33)34)39-21(14)31-10-27-16-19(31)28-22(24)29-20(16)32/h4-5,9-12,14-15,21,41H,2-3,6-8H2,1H3,(H,33,34)(H2,23,25,26)(H3,24,28,29,32)/t11?,12-,14?,15+,21+,42?/m0/s1. The van der Waals surface area contributed by atoms with Crippen LogP contribution in [0.2, 0.25) is 0 Å². The third kappa shape index (κ3) is 5.85. The van der Waals surface area contributed by atoms with E-state index < -0.39 is 39.8 Å². The molecular formula is C22H29N9O9P2. The SMILES string of the molecule is CP(=O)(OCC1CC[C@H](n2ccc3c(N)ncnc32)O1)OC1C[C@@H](CO[PH](=O)O)O[C@H]1n1cnc2c(=O)[nH]c(N)nc21. The predicted molar refractivity (Wildman–Crippen MR) is 148 cm³/mol. The van der Waals surface area contributed by atoms with Gasteiger partial charge in [0.15, 0.2) is 17.4 Å². The fourth-order valence-electron chi connectivity index (χ4n) is 5.19. The van der Waals surface area contributed by atoms with Crippen LogP contribution in [0.3, 0.4) is 0 Å². The number of fused-ring (bicyclic) bond motifs is 2. The number of hydrogen-bond donors (Lipinski definition) is 4. The molecule has 7 atom stereocenters. The Labute approximate surface area is 237 Å². The lowest BCUT2D eigenvalue weighted by atomic mass is 10.2. The summed E-state index contributed by atoms with van der Waals surface area (Å²) in [5.74, 6) is 0.246. The van der Waals surface area contributed by atoms with Gasteiger partial charge in [0.25, 0.3) is 5.56 Å². The molecule has 2 fully saturated rings. The summed E-state index contributed by atoms with van der Waals surface area (Å²) >= 11 is 0. The molecule has 18 nitrogen and oxygen atoms in total. The van der Waals surface area contributed by atoms with E-state index in [9.17, 15) is 13.9 Å². The Morgan fingerprint density at radius 1 is 1.17 bits per heavy atom. The van der Waals surface area contributed by atoms with Crippen LogP contribution in [0.25, 0.3) is 22.2 Å². The second-order valence-electron chi connectivity index (χ2n) is 9.96. The van der Waals surface area contributed by atoms with E-state index in [1.54, 1.807) is 0 Å². The first-order chi connectivity index (χ1) is 20.1. The van der Waals surface area contributed by atoms with Gasteiger partial charge in [-0.2, -0.15) is 4.98 Å². The summed E-state index contributed by atoms with van der Waals surface area (Å²) in [4.78, 5) is 40.3. The van der Waals surface area contributed by atoms with Gasteiger partial charge in [0.1, 0.15) is 30.1 Å². The molecule has 226 valence electrons. The van der Waals surface area contributed by atoms with Crippen molar-refractivity contribution in [3.63, 3.8) is 0 Å². The number of rotatable bonds is 10. The Bertz CT molecular complexity index is 1740. The highest BCUT2D eigenvalue weighted by Crippen LogP contribution is 2.50. The van der Waals surface area contributed by atoms with Crippen LogP contribution in [0.15, 0.2) is 29.7 Å². The lowest BCUT2D eigenvalue weighted by molar-refractivity contribution is -0.0461. The first-order valence-electron chi connectivity index (χ1n) is 12.9. The van der Waals surface area contributed by atoms with Crippen molar-refractivity contribution in [2.45, 2.75) is 50.0 Å². The second kappa shape index (κ2) is 11.5. The number of nitrogens with one attached hydrogen (secondary N) is 1. The third-order valence-electron chi connectivity index (χ3n) is 7.02. The maximum atomic E-state index is 13.5. The van der Waals surface area contributed by atoms with E-state index in [2.05, 4.69) is 24.9 Å². The van der Waals surface area contributed by atoms with Crippen molar-refractivity contribution in [2.75, 3.05) is 31.3 Å². The number of ether oxygens (including phenoxy) is 2. The van der Waals surface area contributed by atoms with E-state index in [-0.39, 0.29) is 49.1 Å². The molecule has 4 aromatic rings. The van der Waals surface area contributed by atoms with Gasteiger partial charge in [-0.05, 0) is 18.9 Å². The minimum absolute atomic E-state index is 0.000657. The molecule has 20 heteroatoms. The number of hydrogen-bond acceptors (Lipinski definition) is 14. The van der Waals surface area contributed by atoms with Crippen LogP contribution >= 0.6 is 15.9 Å². The maximum Gasteiger partial charge on any atom is 0.328 e. The van der Waals surface area contributed by atoms with Gasteiger partial charge in [-0.1, -0.05) is 0 Å². The first kappa shape index (κ1) is 28.9. The number of aromatic amines is 1. The second-order valence-corrected chi connectivity index (χ2v) is 12.8. The van der Waals surface area contributed by atoms with Crippen molar-refractivity contribution in [3.8, 4) is 0 Å². The van der Waals surface area contributed by atoms with Crippen LogP contribution < -0.4 is 17.0 Å². The Morgan fingerprint density at radius 2 is 2.00 bits per heavy atom. The zero-order valence-corrected chi connectivity index (χ0v) is 24.1. The van der Waals surface area contributed by atoms with Crippen molar-refractivity contribution in [3.05, 3.63) is 35.3 Å². The van der Waals surface area contributed by atoms with Gasteiger partial charge in [0, 0.05) is 19.3 Å². The zero-order valence-electron chi connectivity index (χ0n) is 22.2. The first-order valence-corrected chi connectivity index (χ1v) is 16.2. The molecule has 0 saturated carbocycles. The molecule has 2 aliphatic heterocycles. The average Bonchev–Trinajstić information content (AvgIpc) is 3.72. The molecule has 0 radical (unpaired) electrons. The van der Waals surface area contributed by atoms with E-state index in [1.807, 2.05) is 16.8 Å². The molecule has 0 bridgehead atoms. The van der Waals surface area contributed by atoms with Gasteiger partial charge in [-0.15, -0.1) is 0 Å². The van der Waals surface area contributed by atoms with Crippen molar-refractivity contribution in [1.29, 1.82) is 0 Å². The van der Waals surface area contributed by atoms with Crippen LogP contribution in [0.5, 0.6) is 0 Å². The molecule has 4 aromatic heterocycles. The summed E-state index contributed by atoms with van der Waals surface area (Å²) in [7, 11) is -6.91. The Morgan fingerprint density at radius 3 is 2.81 bits per heavy atom.